The highest BCUT2D eigenvalue weighted by Gasteiger charge is 2.28. The lowest BCUT2D eigenvalue weighted by molar-refractivity contribution is -0.114. The van der Waals surface area contributed by atoms with Gasteiger partial charge in [0.25, 0.3) is 11.5 Å². The lowest BCUT2D eigenvalue weighted by Gasteiger charge is -2.16. The van der Waals surface area contributed by atoms with Crippen LogP contribution in [0.2, 0.25) is 0 Å². The third kappa shape index (κ3) is 5.74. The van der Waals surface area contributed by atoms with Gasteiger partial charge in [0.1, 0.15) is 17.7 Å². The summed E-state index contributed by atoms with van der Waals surface area (Å²) < 4.78 is 26.2. The van der Waals surface area contributed by atoms with Gasteiger partial charge in [-0.3, -0.25) is 19.1 Å². The van der Waals surface area contributed by atoms with E-state index in [0.717, 1.165) is 28.6 Å². The number of rotatable bonds is 8. The van der Waals surface area contributed by atoms with Crippen LogP contribution in [-0.2, 0) is 11.2 Å². The monoisotopic (exact) mass is 545 g/mol. The molecular weight excluding hydrogens is 516 g/mol. The zero-order valence-electron chi connectivity index (χ0n) is 22.4. The minimum absolute atomic E-state index is 0.0437. The zero-order valence-corrected chi connectivity index (χ0v) is 22.4. The molecule has 0 bridgehead atoms. The van der Waals surface area contributed by atoms with Gasteiger partial charge in [-0.2, -0.15) is 8.78 Å². The maximum Gasteiger partial charge on any atom is 0.321 e. The lowest BCUT2D eigenvalue weighted by atomic mass is 10.0. The molecule has 4 aromatic rings. The van der Waals surface area contributed by atoms with Gasteiger partial charge in [-0.05, 0) is 80.9 Å². The van der Waals surface area contributed by atoms with Crippen molar-refractivity contribution in [3.63, 3.8) is 0 Å². The van der Waals surface area contributed by atoms with Crippen molar-refractivity contribution in [2.75, 3.05) is 37.4 Å². The number of nitrogens with one attached hydrogen (secondary N) is 1. The maximum atomic E-state index is 13.0. The third-order valence-electron chi connectivity index (χ3n) is 6.79. The van der Waals surface area contributed by atoms with Crippen LogP contribution >= 0.6 is 0 Å². The molecule has 206 valence electrons. The van der Waals surface area contributed by atoms with Gasteiger partial charge in [0, 0.05) is 36.6 Å². The van der Waals surface area contributed by atoms with Gasteiger partial charge in [0.2, 0.25) is 0 Å². The molecule has 4 heterocycles. The highest BCUT2D eigenvalue weighted by molar-refractivity contribution is 6.08. The van der Waals surface area contributed by atoms with Crippen LogP contribution in [0.15, 0.2) is 71.4 Å². The van der Waals surface area contributed by atoms with Gasteiger partial charge in [0.15, 0.2) is 5.82 Å². The summed E-state index contributed by atoms with van der Waals surface area (Å²) in [4.78, 5) is 42.1. The number of carbonyl (C=O) groups is 1. The molecule has 0 radical (unpaired) electrons. The Morgan fingerprint density at radius 2 is 1.93 bits per heavy atom. The summed E-state index contributed by atoms with van der Waals surface area (Å²) >= 11 is 0. The van der Waals surface area contributed by atoms with Crippen LogP contribution in [-0.4, -0.2) is 57.5 Å². The number of aryl methyl sites for hydroxylation is 1. The average Bonchev–Trinajstić information content (AvgIpc) is 3.29. The molecule has 0 saturated carbocycles. The number of benzene rings is 1. The minimum atomic E-state index is -2.87. The third-order valence-corrected chi connectivity index (χ3v) is 6.79. The fraction of sp³-hybridized carbons (Fsp3) is 0.276. The Labute approximate surface area is 229 Å². The summed E-state index contributed by atoms with van der Waals surface area (Å²) in [5.41, 5.74) is 4.57. The van der Waals surface area contributed by atoms with Gasteiger partial charge in [0.05, 0.1) is 5.52 Å². The number of fused-ring (bicyclic) bond motifs is 1. The lowest BCUT2D eigenvalue weighted by Crippen LogP contribution is -2.25. The van der Waals surface area contributed by atoms with Gasteiger partial charge < -0.3 is 10.2 Å². The van der Waals surface area contributed by atoms with Crippen molar-refractivity contribution in [2.45, 2.75) is 26.3 Å². The van der Waals surface area contributed by atoms with E-state index in [1.807, 2.05) is 56.3 Å². The second-order valence-corrected chi connectivity index (χ2v) is 9.96. The Kier molecular flexibility index (Phi) is 7.65. The van der Waals surface area contributed by atoms with Crippen molar-refractivity contribution in [3.05, 3.63) is 93.7 Å². The predicted octanol–water partition coefficient (Wildman–Crippen LogP) is 4.45. The molecule has 3 aromatic heterocycles. The number of likely N-dealkylation sites (N-methyl/N-ethyl adjacent to an activating group) is 1. The summed E-state index contributed by atoms with van der Waals surface area (Å²) in [6.07, 6.45) is 5.63. The van der Waals surface area contributed by atoms with E-state index in [2.05, 4.69) is 15.3 Å². The van der Waals surface area contributed by atoms with Crippen LogP contribution in [0.25, 0.3) is 11.0 Å². The van der Waals surface area contributed by atoms with Crippen molar-refractivity contribution in [1.29, 1.82) is 0 Å². The molecule has 5 rings (SSSR count). The Morgan fingerprint density at radius 1 is 1.10 bits per heavy atom. The number of alkyl halides is 2. The van der Waals surface area contributed by atoms with Gasteiger partial charge in [-0.15, -0.1) is 0 Å². The standard InChI is InChI=1S/C29H29F2N7O2/c1-18-14-22(5-4-21(18)15-19-8-12-38(29(30)31)25(39)16-19)34-27-26-23(32-17-33-27)6-7-24(35-26)37-13-10-20(28(37)40)9-11-36(2)3/h4-9,12,14,16-17,29H,10-11,13,15H2,1-3H3,(H,32,33,34)/b20-9+. The largest absolute Gasteiger partial charge is 0.338 e. The molecule has 0 unspecified atom stereocenters. The minimum Gasteiger partial charge on any atom is -0.338 e. The molecule has 1 N–H and O–H groups in total. The second kappa shape index (κ2) is 11.3. The molecular formula is C29H29F2N7O2. The first-order valence-electron chi connectivity index (χ1n) is 12.8. The van der Waals surface area contributed by atoms with Crippen molar-refractivity contribution in [2.24, 2.45) is 0 Å². The van der Waals surface area contributed by atoms with E-state index >= 15 is 0 Å². The number of anilines is 3. The first-order valence-corrected chi connectivity index (χ1v) is 12.8. The number of carbonyl (C=O) groups excluding carboxylic acids is 1. The summed E-state index contributed by atoms with van der Waals surface area (Å²) in [5, 5.41) is 3.31. The summed E-state index contributed by atoms with van der Waals surface area (Å²) in [5.74, 6) is 1.01. The Morgan fingerprint density at radius 3 is 2.65 bits per heavy atom. The predicted molar refractivity (Wildman–Crippen MR) is 150 cm³/mol. The molecule has 9 nitrogen and oxygen atoms in total. The van der Waals surface area contributed by atoms with Crippen LogP contribution in [0, 0.1) is 6.92 Å². The molecule has 1 aliphatic heterocycles. The summed E-state index contributed by atoms with van der Waals surface area (Å²) in [6, 6.07) is 12.1. The number of hydrogen-bond acceptors (Lipinski definition) is 7. The molecule has 1 aromatic carbocycles. The smallest absolute Gasteiger partial charge is 0.321 e. The van der Waals surface area contributed by atoms with E-state index < -0.39 is 12.1 Å². The van der Waals surface area contributed by atoms with Crippen LogP contribution in [0.4, 0.5) is 26.1 Å². The average molecular weight is 546 g/mol. The molecule has 0 atom stereocenters. The highest BCUT2D eigenvalue weighted by atomic mass is 19.3. The number of nitrogens with zero attached hydrogens (tertiary/aromatic N) is 6. The highest BCUT2D eigenvalue weighted by Crippen LogP contribution is 2.28. The van der Waals surface area contributed by atoms with E-state index in [0.29, 0.717) is 58.7 Å². The van der Waals surface area contributed by atoms with Crippen LogP contribution in [0.5, 0.6) is 0 Å². The number of amides is 1. The van der Waals surface area contributed by atoms with Crippen molar-refractivity contribution < 1.29 is 13.6 Å². The fourth-order valence-corrected chi connectivity index (χ4v) is 4.62. The molecule has 1 fully saturated rings. The number of aromatic nitrogens is 4. The summed E-state index contributed by atoms with van der Waals surface area (Å²) in [7, 11) is 3.92. The van der Waals surface area contributed by atoms with Gasteiger partial charge in [-0.1, -0.05) is 12.1 Å². The molecule has 40 heavy (non-hydrogen) atoms. The Hall–Kier alpha value is -4.51. The SMILES string of the molecule is Cc1cc(Nc2ncnc3ccc(N4CC/C(=C\CN(C)C)C4=O)nc23)ccc1Cc1ccn(C(F)F)c(=O)c1. The Bertz CT molecular complexity index is 1670. The number of halogens is 2. The van der Waals surface area contributed by atoms with Crippen molar-refractivity contribution in [1.82, 2.24) is 24.4 Å². The first kappa shape index (κ1) is 27.1. The maximum absolute atomic E-state index is 13.0. The quantitative estimate of drug-likeness (QED) is 0.327. The number of pyridine rings is 2. The number of hydrogen-bond donors (Lipinski definition) is 1. The van der Waals surface area contributed by atoms with E-state index in [1.165, 1.54) is 18.5 Å². The van der Waals surface area contributed by atoms with Gasteiger partial charge in [-0.25, -0.2) is 15.0 Å². The first-order chi connectivity index (χ1) is 19.2. The molecule has 11 heteroatoms. The van der Waals surface area contributed by atoms with Gasteiger partial charge >= 0.3 is 6.55 Å². The molecule has 1 amide bonds. The van der Waals surface area contributed by atoms with E-state index in [1.54, 1.807) is 11.0 Å². The van der Waals surface area contributed by atoms with Crippen molar-refractivity contribution >= 4 is 34.3 Å². The van der Waals surface area contributed by atoms with E-state index in [9.17, 15) is 18.4 Å². The zero-order chi connectivity index (χ0) is 28.4. The second-order valence-electron chi connectivity index (χ2n) is 9.96. The fourth-order valence-electron chi connectivity index (χ4n) is 4.62. The van der Waals surface area contributed by atoms with E-state index in [-0.39, 0.29) is 5.91 Å². The van der Waals surface area contributed by atoms with Crippen LogP contribution in [0.3, 0.4) is 0 Å². The van der Waals surface area contributed by atoms with E-state index in [4.69, 9.17) is 4.98 Å². The Balaban J connectivity index is 1.36. The van der Waals surface area contributed by atoms with Crippen molar-refractivity contribution in [3.8, 4) is 0 Å². The molecule has 0 spiro atoms. The summed E-state index contributed by atoms with van der Waals surface area (Å²) in [6.45, 7) is 0.334. The topological polar surface area (TPSA) is 96.2 Å². The molecule has 1 saturated heterocycles. The van der Waals surface area contributed by atoms with Crippen LogP contribution in [0.1, 0.15) is 29.7 Å². The normalized spacial score (nSPS) is 14.7. The van der Waals surface area contributed by atoms with Crippen LogP contribution < -0.4 is 15.8 Å². The molecule has 1 aliphatic rings. The molecule has 0 aliphatic carbocycles.